The molecule has 3 rings (SSSR count). The summed E-state index contributed by atoms with van der Waals surface area (Å²) < 4.78 is 0. The van der Waals surface area contributed by atoms with Crippen molar-refractivity contribution < 1.29 is 19.8 Å². The van der Waals surface area contributed by atoms with E-state index in [2.05, 4.69) is 44.1 Å². The maximum absolute atomic E-state index is 13.3. The molecule has 4 unspecified atom stereocenters. The number of anilines is 2. The van der Waals surface area contributed by atoms with Crippen LogP contribution in [0, 0.1) is 5.92 Å². The second-order valence-corrected chi connectivity index (χ2v) is 10.5. The fourth-order valence-electron chi connectivity index (χ4n) is 5.32. The lowest BCUT2D eigenvalue weighted by molar-refractivity contribution is -0.136. The van der Waals surface area contributed by atoms with E-state index in [1.54, 1.807) is 0 Å². The van der Waals surface area contributed by atoms with E-state index in [0.29, 0.717) is 16.9 Å². The van der Waals surface area contributed by atoms with E-state index in [1.165, 1.54) is 5.57 Å². The van der Waals surface area contributed by atoms with Crippen molar-refractivity contribution >= 4 is 23.2 Å². The number of carbonyl (C=O) groups excluding carboxylic acids is 2. The summed E-state index contributed by atoms with van der Waals surface area (Å²) in [4.78, 5) is 28.2. The van der Waals surface area contributed by atoms with Crippen molar-refractivity contribution in [3.63, 3.8) is 0 Å². The fraction of sp³-hybridized carbons (Fsp3) is 0.556. The van der Waals surface area contributed by atoms with Crippen molar-refractivity contribution in [2.45, 2.75) is 77.0 Å². The molecule has 186 valence electrons. The Labute approximate surface area is 202 Å². The van der Waals surface area contributed by atoms with Crippen LogP contribution in [0.15, 0.2) is 36.4 Å². The van der Waals surface area contributed by atoms with E-state index < -0.39 is 29.0 Å². The predicted molar refractivity (Wildman–Crippen MR) is 136 cm³/mol. The number of amides is 2. The van der Waals surface area contributed by atoms with Crippen LogP contribution in [-0.2, 0) is 20.6 Å². The smallest absolute Gasteiger partial charge is 0.261 e. The Morgan fingerprint density at radius 3 is 2.59 bits per heavy atom. The first-order chi connectivity index (χ1) is 15.9. The molecule has 4 N–H and O–H groups in total. The Bertz CT molecular complexity index is 1010. The first-order valence-electron chi connectivity index (χ1n) is 12.0. The second-order valence-electron chi connectivity index (χ2n) is 10.5. The zero-order valence-corrected chi connectivity index (χ0v) is 21.2. The Balaban J connectivity index is 2.26. The largest absolute Gasteiger partial charge is 0.394 e. The molecule has 7 nitrogen and oxygen atoms in total. The number of nitrogens with one attached hydrogen (secondary N) is 2. The molecule has 7 heteroatoms. The molecule has 0 saturated carbocycles. The van der Waals surface area contributed by atoms with Crippen LogP contribution in [0.1, 0.15) is 65.0 Å². The topological polar surface area (TPSA) is 102 Å². The number of benzene rings is 1. The highest BCUT2D eigenvalue weighted by Gasteiger charge is 2.52. The molecule has 0 aromatic heterocycles. The maximum Gasteiger partial charge on any atom is 0.261 e. The van der Waals surface area contributed by atoms with Gasteiger partial charge in [0, 0.05) is 30.1 Å². The van der Waals surface area contributed by atoms with Crippen molar-refractivity contribution in [3.05, 3.63) is 47.6 Å². The van der Waals surface area contributed by atoms with E-state index in [0.717, 1.165) is 18.4 Å². The summed E-state index contributed by atoms with van der Waals surface area (Å²) in [5.41, 5.74) is 1.45. The van der Waals surface area contributed by atoms with Crippen molar-refractivity contribution in [1.29, 1.82) is 0 Å². The summed E-state index contributed by atoms with van der Waals surface area (Å²) >= 11 is 0. The standard InChI is InChI=1S/C27H39N3O4/c1-8-26(6,13-9-10-16(2)3)19-11-12-20-21-22(19)29-25(33)27(21,34)14-18(15-31)28-24(32)23(17(4)5)30(20)7/h8,10-12,17-18,23,31,34H,1,9,13-15H2,2-7H3,(H,28,32)(H,29,33). The summed E-state index contributed by atoms with van der Waals surface area (Å²) in [5.74, 6) is -0.828. The van der Waals surface area contributed by atoms with Gasteiger partial charge in [0.15, 0.2) is 5.60 Å². The van der Waals surface area contributed by atoms with Crippen LogP contribution in [0.25, 0.3) is 0 Å². The molecule has 0 spiro atoms. The quantitative estimate of drug-likeness (QED) is 0.459. The van der Waals surface area contributed by atoms with Crippen molar-refractivity contribution in [2.75, 3.05) is 23.9 Å². The molecule has 2 aliphatic heterocycles. The first-order valence-corrected chi connectivity index (χ1v) is 12.0. The molecular weight excluding hydrogens is 430 g/mol. The minimum Gasteiger partial charge on any atom is -0.394 e. The number of aliphatic hydroxyl groups is 2. The number of rotatable bonds is 7. The number of nitrogens with zero attached hydrogens (tertiary/aromatic N) is 1. The van der Waals surface area contributed by atoms with Crippen molar-refractivity contribution in [2.24, 2.45) is 5.92 Å². The lowest BCUT2D eigenvalue weighted by Crippen LogP contribution is -2.52. The first kappa shape index (κ1) is 26.0. The van der Waals surface area contributed by atoms with Crippen LogP contribution in [0.5, 0.6) is 0 Å². The number of likely N-dealkylation sites (N-methyl/N-ethyl adjacent to an activating group) is 1. The fourth-order valence-corrected chi connectivity index (χ4v) is 5.32. The van der Waals surface area contributed by atoms with Crippen LogP contribution in [-0.4, -0.2) is 47.8 Å². The van der Waals surface area contributed by atoms with Gasteiger partial charge in [-0.1, -0.05) is 44.6 Å². The molecular formula is C27H39N3O4. The zero-order valence-electron chi connectivity index (χ0n) is 21.2. The highest BCUT2D eigenvalue weighted by atomic mass is 16.3. The zero-order chi connectivity index (χ0) is 25.4. The van der Waals surface area contributed by atoms with Crippen LogP contribution in [0.3, 0.4) is 0 Å². The van der Waals surface area contributed by atoms with Crippen LogP contribution < -0.4 is 15.5 Å². The third kappa shape index (κ3) is 4.39. The van der Waals surface area contributed by atoms with Crippen LogP contribution >= 0.6 is 0 Å². The summed E-state index contributed by atoms with van der Waals surface area (Å²) in [6.45, 7) is 13.8. The molecule has 0 bridgehead atoms. The van der Waals surface area contributed by atoms with E-state index in [1.807, 2.05) is 44.0 Å². The number of allylic oxidation sites excluding steroid dienone is 3. The lowest BCUT2D eigenvalue weighted by Gasteiger charge is -2.35. The van der Waals surface area contributed by atoms with Gasteiger partial charge in [0.25, 0.3) is 5.91 Å². The molecule has 0 fully saturated rings. The third-order valence-corrected chi connectivity index (χ3v) is 7.30. The molecule has 0 saturated heterocycles. The van der Waals surface area contributed by atoms with E-state index >= 15 is 0 Å². The molecule has 0 aliphatic carbocycles. The van der Waals surface area contributed by atoms with Gasteiger partial charge in [0.2, 0.25) is 5.91 Å². The third-order valence-electron chi connectivity index (χ3n) is 7.30. The van der Waals surface area contributed by atoms with Gasteiger partial charge in [-0.15, -0.1) is 6.58 Å². The van der Waals surface area contributed by atoms with E-state index in [-0.39, 0.29) is 24.9 Å². The molecule has 4 atom stereocenters. The number of hydrogen-bond donors (Lipinski definition) is 4. The minimum atomic E-state index is -1.89. The van der Waals surface area contributed by atoms with Gasteiger partial charge < -0.3 is 25.7 Å². The highest BCUT2D eigenvalue weighted by molar-refractivity contribution is 6.08. The summed E-state index contributed by atoms with van der Waals surface area (Å²) in [6, 6.07) is 2.56. The van der Waals surface area contributed by atoms with Gasteiger partial charge >= 0.3 is 0 Å². The van der Waals surface area contributed by atoms with Crippen LogP contribution in [0.4, 0.5) is 11.4 Å². The van der Waals surface area contributed by atoms with E-state index in [9.17, 15) is 19.8 Å². The molecule has 2 heterocycles. The average Bonchev–Trinajstić information content (AvgIpc) is 3.03. The summed E-state index contributed by atoms with van der Waals surface area (Å²) in [6.07, 6.45) is 5.58. The average molecular weight is 470 g/mol. The van der Waals surface area contributed by atoms with Gasteiger partial charge in [-0.25, -0.2) is 0 Å². The van der Waals surface area contributed by atoms with Crippen molar-refractivity contribution in [1.82, 2.24) is 5.32 Å². The Kier molecular flexibility index (Phi) is 7.29. The van der Waals surface area contributed by atoms with Gasteiger partial charge in [0.05, 0.1) is 18.3 Å². The number of hydrogen-bond acceptors (Lipinski definition) is 5. The molecule has 34 heavy (non-hydrogen) atoms. The van der Waals surface area contributed by atoms with Gasteiger partial charge in [-0.2, -0.15) is 0 Å². The van der Waals surface area contributed by atoms with Gasteiger partial charge in [0.1, 0.15) is 6.04 Å². The number of aliphatic hydroxyl groups excluding tert-OH is 1. The van der Waals surface area contributed by atoms with Gasteiger partial charge in [-0.3, -0.25) is 9.59 Å². The predicted octanol–water partition coefficient (Wildman–Crippen LogP) is 3.36. The maximum atomic E-state index is 13.3. The molecule has 1 aromatic carbocycles. The van der Waals surface area contributed by atoms with Crippen molar-refractivity contribution in [3.8, 4) is 0 Å². The Morgan fingerprint density at radius 1 is 1.35 bits per heavy atom. The van der Waals surface area contributed by atoms with E-state index in [4.69, 9.17) is 0 Å². The molecule has 1 aromatic rings. The minimum absolute atomic E-state index is 0.0431. The summed E-state index contributed by atoms with van der Waals surface area (Å²) in [5, 5.41) is 27.5. The molecule has 2 amide bonds. The Morgan fingerprint density at radius 2 is 2.03 bits per heavy atom. The lowest BCUT2D eigenvalue weighted by atomic mass is 9.75. The monoisotopic (exact) mass is 469 g/mol. The van der Waals surface area contributed by atoms with Gasteiger partial charge in [-0.05, 0) is 44.2 Å². The molecule has 0 radical (unpaired) electrons. The SMILES string of the molecule is C=CC(C)(CCC=C(C)C)c1ccc2c3c1NC(=O)C3(O)CC(CO)NC(=O)C(C(C)C)N2C. The normalized spacial score (nSPS) is 26.0. The number of carbonyl (C=O) groups is 2. The summed E-state index contributed by atoms with van der Waals surface area (Å²) in [7, 11) is 1.81. The van der Waals surface area contributed by atoms with Crippen LogP contribution in [0.2, 0.25) is 0 Å². The molecule has 2 aliphatic rings. The second kappa shape index (κ2) is 9.55. The Hall–Kier alpha value is -2.64. The highest BCUT2D eigenvalue weighted by Crippen LogP contribution is 2.50.